The number of piperidine rings is 1. The third kappa shape index (κ3) is 5.88. The molecule has 2 aromatic rings. The number of para-hydroxylation sites is 1. The van der Waals surface area contributed by atoms with Crippen LogP contribution in [0.4, 0.5) is 5.69 Å². The Morgan fingerprint density at radius 3 is 2.28 bits per heavy atom. The molecule has 0 spiro atoms. The van der Waals surface area contributed by atoms with Crippen molar-refractivity contribution >= 4 is 27.3 Å². The van der Waals surface area contributed by atoms with Gasteiger partial charge >= 0.3 is 0 Å². The normalized spacial score (nSPS) is 15.0. The third-order valence-electron chi connectivity index (χ3n) is 4.87. The monoisotopic (exact) mass is 414 g/mol. The van der Waals surface area contributed by atoms with Gasteiger partial charge in [0.15, 0.2) is 0 Å². The van der Waals surface area contributed by atoms with Crippen LogP contribution in [0.1, 0.15) is 28.8 Å². The van der Waals surface area contributed by atoms with Gasteiger partial charge in [-0.05, 0) is 36.9 Å². The van der Waals surface area contributed by atoms with Gasteiger partial charge in [-0.1, -0.05) is 30.3 Å². The lowest BCUT2D eigenvalue weighted by Gasteiger charge is -2.23. The predicted molar refractivity (Wildman–Crippen MR) is 116 cm³/mol. The maximum atomic E-state index is 12.3. The SMILES string of the molecule is CN1CCC(=NNC(=O)c2ccc(CN(c3ccccc3)S(C)(=O)=O)cc2)CC1. The highest BCUT2D eigenvalue weighted by atomic mass is 32.2. The summed E-state index contributed by atoms with van der Waals surface area (Å²) in [6.45, 7) is 2.09. The van der Waals surface area contributed by atoms with Crippen molar-refractivity contribution in [2.75, 3.05) is 30.7 Å². The number of nitrogens with one attached hydrogen (secondary N) is 1. The van der Waals surface area contributed by atoms with Gasteiger partial charge in [0, 0.05) is 37.2 Å². The van der Waals surface area contributed by atoms with Crippen LogP contribution in [0.2, 0.25) is 0 Å². The van der Waals surface area contributed by atoms with E-state index in [0.29, 0.717) is 11.3 Å². The number of hydrogen-bond donors (Lipinski definition) is 1. The molecule has 1 heterocycles. The van der Waals surface area contributed by atoms with E-state index in [0.717, 1.165) is 37.2 Å². The number of sulfonamides is 1. The van der Waals surface area contributed by atoms with Crippen molar-refractivity contribution in [3.63, 3.8) is 0 Å². The number of nitrogens with zero attached hydrogens (tertiary/aromatic N) is 3. The van der Waals surface area contributed by atoms with Crippen molar-refractivity contribution in [3.8, 4) is 0 Å². The quantitative estimate of drug-likeness (QED) is 0.736. The van der Waals surface area contributed by atoms with Gasteiger partial charge in [0.25, 0.3) is 5.91 Å². The van der Waals surface area contributed by atoms with Gasteiger partial charge in [-0.25, -0.2) is 13.8 Å². The lowest BCUT2D eigenvalue weighted by molar-refractivity contribution is 0.0954. The van der Waals surface area contributed by atoms with Crippen LogP contribution in [0, 0.1) is 0 Å². The van der Waals surface area contributed by atoms with E-state index < -0.39 is 10.0 Å². The highest BCUT2D eigenvalue weighted by molar-refractivity contribution is 7.92. The number of carbonyl (C=O) groups is 1. The lowest BCUT2D eigenvalue weighted by atomic mass is 10.1. The summed E-state index contributed by atoms with van der Waals surface area (Å²) in [5.41, 5.74) is 5.49. The van der Waals surface area contributed by atoms with E-state index in [2.05, 4.69) is 22.5 Å². The topological polar surface area (TPSA) is 82.1 Å². The van der Waals surface area contributed by atoms with Gasteiger partial charge in [-0.2, -0.15) is 5.10 Å². The number of carbonyl (C=O) groups excluding carboxylic acids is 1. The Morgan fingerprint density at radius 1 is 1.07 bits per heavy atom. The van der Waals surface area contributed by atoms with Gasteiger partial charge in [-0.3, -0.25) is 9.10 Å². The van der Waals surface area contributed by atoms with Gasteiger partial charge in [0.2, 0.25) is 10.0 Å². The Morgan fingerprint density at radius 2 is 1.69 bits per heavy atom. The molecule has 3 rings (SSSR count). The average Bonchev–Trinajstić information content (AvgIpc) is 2.71. The maximum absolute atomic E-state index is 12.3. The molecule has 1 amide bonds. The number of likely N-dealkylation sites (tertiary alicyclic amines) is 1. The summed E-state index contributed by atoms with van der Waals surface area (Å²) >= 11 is 0. The summed E-state index contributed by atoms with van der Waals surface area (Å²) < 4.78 is 25.8. The average molecular weight is 415 g/mol. The molecule has 7 nitrogen and oxygen atoms in total. The Labute approximate surface area is 172 Å². The molecule has 0 radical (unpaired) electrons. The summed E-state index contributed by atoms with van der Waals surface area (Å²) in [6, 6.07) is 15.8. The van der Waals surface area contributed by atoms with Crippen LogP contribution in [0.3, 0.4) is 0 Å². The van der Waals surface area contributed by atoms with Crippen molar-refractivity contribution in [1.29, 1.82) is 0 Å². The van der Waals surface area contributed by atoms with E-state index in [1.807, 2.05) is 6.07 Å². The van der Waals surface area contributed by atoms with Gasteiger partial charge in [0.1, 0.15) is 0 Å². The fourth-order valence-corrected chi connectivity index (χ4v) is 3.99. The highest BCUT2D eigenvalue weighted by Crippen LogP contribution is 2.20. The van der Waals surface area contributed by atoms with Crippen molar-refractivity contribution in [3.05, 3.63) is 65.7 Å². The van der Waals surface area contributed by atoms with Crippen molar-refractivity contribution in [2.24, 2.45) is 5.10 Å². The molecule has 1 aliphatic rings. The van der Waals surface area contributed by atoms with Crippen LogP contribution in [-0.4, -0.2) is 51.3 Å². The molecule has 1 N–H and O–H groups in total. The van der Waals surface area contributed by atoms with Crippen LogP contribution in [-0.2, 0) is 16.6 Å². The van der Waals surface area contributed by atoms with Gasteiger partial charge in [0.05, 0.1) is 18.5 Å². The van der Waals surface area contributed by atoms with Crippen molar-refractivity contribution < 1.29 is 13.2 Å². The predicted octanol–water partition coefficient (Wildman–Crippen LogP) is 2.46. The number of rotatable bonds is 6. The van der Waals surface area contributed by atoms with E-state index in [9.17, 15) is 13.2 Å². The third-order valence-corrected chi connectivity index (χ3v) is 6.01. The molecule has 0 atom stereocenters. The zero-order valence-electron chi connectivity index (χ0n) is 16.7. The molecule has 0 aromatic heterocycles. The molecule has 154 valence electrons. The van der Waals surface area contributed by atoms with E-state index in [4.69, 9.17) is 0 Å². The Hall–Kier alpha value is -2.71. The summed E-state index contributed by atoms with van der Waals surface area (Å²) in [6.07, 6.45) is 2.90. The second-order valence-electron chi connectivity index (χ2n) is 7.22. The molecule has 0 unspecified atom stereocenters. The molecule has 0 bridgehead atoms. The first kappa shape index (κ1) is 21.0. The Balaban J connectivity index is 1.66. The molecule has 29 heavy (non-hydrogen) atoms. The fourth-order valence-electron chi connectivity index (χ4n) is 3.10. The van der Waals surface area contributed by atoms with Crippen LogP contribution in [0.25, 0.3) is 0 Å². The minimum Gasteiger partial charge on any atom is -0.306 e. The standard InChI is InChI=1S/C21H26N4O3S/c1-24-14-12-19(13-15-24)22-23-21(26)18-10-8-17(9-11-18)16-25(29(2,27)28)20-6-4-3-5-7-20/h3-11H,12-16H2,1-2H3,(H,23,26). The van der Waals surface area contributed by atoms with Crippen LogP contribution in [0.5, 0.6) is 0 Å². The maximum Gasteiger partial charge on any atom is 0.271 e. The van der Waals surface area contributed by atoms with Crippen LogP contribution in [0.15, 0.2) is 59.7 Å². The molecule has 1 fully saturated rings. The summed E-state index contributed by atoms with van der Waals surface area (Å²) in [4.78, 5) is 14.6. The number of hydrogen-bond acceptors (Lipinski definition) is 5. The molecular weight excluding hydrogens is 388 g/mol. The number of hydrazone groups is 1. The van der Waals surface area contributed by atoms with E-state index in [-0.39, 0.29) is 12.5 Å². The van der Waals surface area contributed by atoms with E-state index in [1.54, 1.807) is 48.5 Å². The largest absolute Gasteiger partial charge is 0.306 e. The second kappa shape index (κ2) is 9.19. The molecule has 8 heteroatoms. The smallest absolute Gasteiger partial charge is 0.271 e. The fraction of sp³-hybridized carbons (Fsp3) is 0.333. The zero-order valence-corrected chi connectivity index (χ0v) is 17.5. The molecule has 1 aliphatic heterocycles. The van der Waals surface area contributed by atoms with Crippen LogP contribution < -0.4 is 9.73 Å². The first-order chi connectivity index (χ1) is 13.8. The van der Waals surface area contributed by atoms with Crippen molar-refractivity contribution in [2.45, 2.75) is 19.4 Å². The minimum atomic E-state index is -3.43. The Bertz CT molecular complexity index is 963. The second-order valence-corrected chi connectivity index (χ2v) is 9.13. The Kier molecular flexibility index (Phi) is 6.66. The van der Waals surface area contributed by atoms with Crippen molar-refractivity contribution in [1.82, 2.24) is 10.3 Å². The van der Waals surface area contributed by atoms with Gasteiger partial charge < -0.3 is 4.90 Å². The minimum absolute atomic E-state index is 0.195. The lowest BCUT2D eigenvalue weighted by Crippen LogP contribution is -2.32. The highest BCUT2D eigenvalue weighted by Gasteiger charge is 2.18. The molecule has 0 saturated carbocycles. The summed E-state index contributed by atoms with van der Waals surface area (Å²) in [5.74, 6) is -0.272. The molecule has 0 aliphatic carbocycles. The number of amides is 1. The van der Waals surface area contributed by atoms with Gasteiger partial charge in [-0.15, -0.1) is 0 Å². The van der Waals surface area contributed by atoms with Crippen LogP contribution >= 0.6 is 0 Å². The first-order valence-corrected chi connectivity index (χ1v) is 11.3. The number of benzene rings is 2. The molecular formula is C21H26N4O3S. The molecule has 2 aromatic carbocycles. The first-order valence-electron chi connectivity index (χ1n) is 9.49. The van der Waals surface area contributed by atoms with E-state index >= 15 is 0 Å². The number of anilines is 1. The summed E-state index contributed by atoms with van der Waals surface area (Å²) in [7, 11) is -1.37. The van der Waals surface area contributed by atoms with E-state index in [1.165, 1.54) is 10.6 Å². The summed E-state index contributed by atoms with van der Waals surface area (Å²) in [5, 5.41) is 4.24. The zero-order chi connectivity index (χ0) is 20.9. The molecule has 1 saturated heterocycles.